The Bertz CT molecular complexity index is 1540. The lowest BCUT2D eigenvalue weighted by Gasteiger charge is -2.35. The summed E-state index contributed by atoms with van der Waals surface area (Å²) in [6.07, 6.45) is 3.79. The van der Waals surface area contributed by atoms with Gasteiger partial charge in [0.1, 0.15) is 12.1 Å². The van der Waals surface area contributed by atoms with E-state index in [1.54, 1.807) is 28.6 Å². The number of aryl methyl sites for hydroxylation is 1. The van der Waals surface area contributed by atoms with Crippen molar-refractivity contribution in [2.75, 3.05) is 56.6 Å². The highest BCUT2D eigenvalue weighted by atomic mass is 32.2. The van der Waals surface area contributed by atoms with Crippen molar-refractivity contribution in [2.24, 2.45) is 0 Å². The predicted molar refractivity (Wildman–Crippen MR) is 153 cm³/mol. The number of benzene rings is 2. The fraction of sp³-hybridized carbons (Fsp3) is 0.517. The molecule has 6 rings (SSSR count). The highest BCUT2D eigenvalue weighted by molar-refractivity contribution is 7.89. The van der Waals surface area contributed by atoms with E-state index in [1.807, 2.05) is 31.2 Å². The van der Waals surface area contributed by atoms with Gasteiger partial charge < -0.3 is 14.7 Å². The molecule has 8 nitrogen and oxygen atoms in total. The number of rotatable bonds is 5. The van der Waals surface area contributed by atoms with Gasteiger partial charge in [-0.3, -0.25) is 0 Å². The Hall–Kier alpha value is -2.89. The lowest BCUT2D eigenvalue weighted by Crippen LogP contribution is -2.44. The normalized spacial score (nSPS) is 20.4. The third-order valence-corrected chi connectivity index (χ3v) is 10.7. The van der Waals surface area contributed by atoms with Gasteiger partial charge >= 0.3 is 0 Å². The van der Waals surface area contributed by atoms with Crippen molar-refractivity contribution in [3.05, 3.63) is 53.3 Å². The van der Waals surface area contributed by atoms with Crippen molar-refractivity contribution in [1.29, 1.82) is 0 Å². The molecule has 2 saturated heterocycles. The number of aromatic nitrogens is 2. The summed E-state index contributed by atoms with van der Waals surface area (Å²) >= 11 is 0. The fourth-order valence-electron chi connectivity index (χ4n) is 6.30. The Morgan fingerprint density at radius 1 is 1.00 bits per heavy atom. The van der Waals surface area contributed by atoms with Crippen molar-refractivity contribution >= 4 is 32.4 Å². The fourth-order valence-corrected chi connectivity index (χ4v) is 7.77. The molecule has 2 fully saturated rings. The van der Waals surface area contributed by atoms with Gasteiger partial charge in [0, 0.05) is 50.2 Å². The van der Waals surface area contributed by atoms with Gasteiger partial charge in [0.05, 0.1) is 17.0 Å². The molecule has 40 heavy (non-hydrogen) atoms. The monoisotopic (exact) mass is 570 g/mol. The summed E-state index contributed by atoms with van der Waals surface area (Å²) in [5, 5.41) is 0.821. The van der Waals surface area contributed by atoms with E-state index in [1.165, 1.54) is 0 Å². The number of fused-ring (bicyclic) bond motifs is 2. The standard InChI is InChI=1S/C29H36F2N6O2S/c1-20-14-24(37-13-9-29(30,31)18-37)16-26-27(20)32-19-33-28(26)36-12-6-21-4-5-25(15-22(21)17-36)40(38,39)35(3)23-7-10-34(2)11-8-23/h4-5,14-16,19,23H,6-13,17-18H2,1-3H3. The van der Waals surface area contributed by atoms with Gasteiger partial charge in [0.15, 0.2) is 0 Å². The third kappa shape index (κ3) is 5.03. The van der Waals surface area contributed by atoms with Crippen LogP contribution in [0.15, 0.2) is 41.6 Å². The van der Waals surface area contributed by atoms with Crippen molar-refractivity contribution in [2.45, 2.75) is 56.0 Å². The average Bonchev–Trinajstić information content (AvgIpc) is 3.31. The number of alkyl halides is 2. The first kappa shape index (κ1) is 27.3. The summed E-state index contributed by atoms with van der Waals surface area (Å²) in [5.41, 5.74) is 4.55. The van der Waals surface area contributed by atoms with Crippen LogP contribution in [0.4, 0.5) is 20.3 Å². The minimum absolute atomic E-state index is 0.00546. The summed E-state index contributed by atoms with van der Waals surface area (Å²) in [7, 11) is 0.125. The van der Waals surface area contributed by atoms with Gasteiger partial charge in [-0.05, 0) is 87.3 Å². The second-order valence-corrected chi connectivity index (χ2v) is 13.5. The molecular formula is C29H36F2N6O2S. The zero-order chi connectivity index (χ0) is 28.2. The van der Waals surface area contributed by atoms with E-state index in [0.717, 1.165) is 71.5 Å². The molecule has 3 aliphatic heterocycles. The van der Waals surface area contributed by atoms with Crippen LogP contribution in [0, 0.1) is 6.92 Å². The lowest BCUT2D eigenvalue weighted by molar-refractivity contribution is 0.0257. The maximum atomic E-state index is 14.0. The molecule has 0 saturated carbocycles. The highest BCUT2D eigenvalue weighted by Gasteiger charge is 2.38. The van der Waals surface area contributed by atoms with Crippen molar-refractivity contribution < 1.29 is 17.2 Å². The van der Waals surface area contributed by atoms with Gasteiger partial charge in [0.25, 0.3) is 5.92 Å². The molecule has 0 spiro atoms. The number of piperidine rings is 1. The number of halogens is 2. The molecule has 0 atom stereocenters. The van der Waals surface area contributed by atoms with Gasteiger partial charge in [0.2, 0.25) is 10.0 Å². The molecule has 4 heterocycles. The summed E-state index contributed by atoms with van der Waals surface area (Å²) < 4.78 is 56.7. The number of anilines is 2. The largest absolute Gasteiger partial charge is 0.365 e. The molecule has 0 bridgehead atoms. The molecule has 0 unspecified atom stereocenters. The second-order valence-electron chi connectivity index (χ2n) is 11.5. The Balaban J connectivity index is 1.30. The molecule has 214 valence electrons. The number of sulfonamides is 1. The van der Waals surface area contributed by atoms with Crippen LogP contribution in [0.5, 0.6) is 0 Å². The smallest absolute Gasteiger partial charge is 0.266 e. The summed E-state index contributed by atoms with van der Waals surface area (Å²) in [5.74, 6) is -1.95. The van der Waals surface area contributed by atoms with E-state index in [0.29, 0.717) is 24.5 Å². The lowest BCUT2D eigenvalue weighted by atomic mass is 9.99. The quantitative estimate of drug-likeness (QED) is 0.458. The maximum Gasteiger partial charge on any atom is 0.266 e. The van der Waals surface area contributed by atoms with E-state index in [-0.39, 0.29) is 19.0 Å². The van der Waals surface area contributed by atoms with Gasteiger partial charge in [-0.25, -0.2) is 27.2 Å². The summed E-state index contributed by atoms with van der Waals surface area (Å²) in [6, 6.07) is 9.33. The molecular weight excluding hydrogens is 534 g/mol. The SMILES string of the molecule is Cc1cc(N2CCC(F)(F)C2)cc2c(N3CCc4ccc(S(=O)(=O)N(C)C5CCN(C)CC5)cc4C3)ncnc12. The van der Waals surface area contributed by atoms with Gasteiger partial charge in [-0.1, -0.05) is 6.07 Å². The Morgan fingerprint density at radius 2 is 1.77 bits per heavy atom. The second kappa shape index (κ2) is 10.2. The van der Waals surface area contributed by atoms with Gasteiger partial charge in [-0.15, -0.1) is 0 Å². The number of nitrogens with zero attached hydrogens (tertiary/aromatic N) is 6. The van der Waals surface area contributed by atoms with E-state index in [2.05, 4.69) is 26.8 Å². The molecule has 0 radical (unpaired) electrons. The first-order valence-corrected chi connectivity index (χ1v) is 15.4. The molecule has 11 heteroatoms. The first-order chi connectivity index (χ1) is 19.0. The molecule has 3 aliphatic rings. The number of hydrogen-bond donors (Lipinski definition) is 0. The summed E-state index contributed by atoms with van der Waals surface area (Å²) in [4.78, 5) is 15.5. The van der Waals surface area contributed by atoms with Gasteiger partial charge in [-0.2, -0.15) is 4.31 Å². The third-order valence-electron chi connectivity index (χ3n) is 8.80. The number of likely N-dealkylation sites (tertiary alicyclic amines) is 1. The molecule has 0 aliphatic carbocycles. The number of hydrogen-bond acceptors (Lipinski definition) is 7. The molecule has 3 aromatic rings. The van der Waals surface area contributed by atoms with Crippen LogP contribution in [-0.4, -0.2) is 86.4 Å². The first-order valence-electron chi connectivity index (χ1n) is 13.9. The molecule has 0 amide bonds. The maximum absolute atomic E-state index is 14.0. The minimum Gasteiger partial charge on any atom is -0.365 e. The van der Waals surface area contributed by atoms with Crippen LogP contribution in [0.3, 0.4) is 0 Å². The van der Waals surface area contributed by atoms with Crippen LogP contribution in [0.2, 0.25) is 0 Å². The minimum atomic E-state index is -3.63. The molecule has 2 aromatic carbocycles. The van der Waals surface area contributed by atoms with E-state index >= 15 is 0 Å². The van der Waals surface area contributed by atoms with Crippen LogP contribution in [0.25, 0.3) is 10.9 Å². The predicted octanol–water partition coefficient (Wildman–Crippen LogP) is 4.06. The Kier molecular flexibility index (Phi) is 6.95. The van der Waals surface area contributed by atoms with E-state index < -0.39 is 15.9 Å². The van der Waals surface area contributed by atoms with E-state index in [4.69, 9.17) is 0 Å². The van der Waals surface area contributed by atoms with Crippen molar-refractivity contribution in [1.82, 2.24) is 19.2 Å². The van der Waals surface area contributed by atoms with Crippen LogP contribution >= 0.6 is 0 Å². The van der Waals surface area contributed by atoms with Crippen molar-refractivity contribution in [3.8, 4) is 0 Å². The van der Waals surface area contributed by atoms with Crippen LogP contribution in [-0.2, 0) is 23.0 Å². The Labute approximate surface area is 234 Å². The van der Waals surface area contributed by atoms with E-state index in [9.17, 15) is 17.2 Å². The zero-order valence-electron chi connectivity index (χ0n) is 23.3. The van der Waals surface area contributed by atoms with Crippen LogP contribution < -0.4 is 9.80 Å². The zero-order valence-corrected chi connectivity index (χ0v) is 24.1. The average molecular weight is 571 g/mol. The molecule has 1 aromatic heterocycles. The highest BCUT2D eigenvalue weighted by Crippen LogP contribution is 2.36. The van der Waals surface area contributed by atoms with Crippen LogP contribution in [0.1, 0.15) is 36.0 Å². The van der Waals surface area contributed by atoms with Crippen molar-refractivity contribution in [3.63, 3.8) is 0 Å². The topological polar surface area (TPSA) is 72.9 Å². The summed E-state index contributed by atoms with van der Waals surface area (Å²) in [6.45, 7) is 4.96. The Morgan fingerprint density at radius 3 is 2.50 bits per heavy atom. The molecule has 0 N–H and O–H groups in total.